The summed E-state index contributed by atoms with van der Waals surface area (Å²) in [5.41, 5.74) is 1.17. The Balaban J connectivity index is 2.02. The predicted molar refractivity (Wildman–Crippen MR) is 97.8 cm³/mol. The number of ether oxygens (including phenoxy) is 1. The average Bonchev–Trinajstić information content (AvgIpc) is 2.83. The van der Waals surface area contributed by atoms with Crippen LogP contribution in [0.4, 0.5) is 0 Å². The zero-order chi connectivity index (χ0) is 17.1. The summed E-state index contributed by atoms with van der Waals surface area (Å²) in [6.45, 7) is 4.55. The van der Waals surface area contributed by atoms with Gasteiger partial charge >= 0.3 is 0 Å². The monoisotopic (exact) mass is 380 g/mol. The summed E-state index contributed by atoms with van der Waals surface area (Å²) in [5, 5.41) is 1.31. The van der Waals surface area contributed by atoms with Gasteiger partial charge in [-0.1, -0.05) is 17.7 Å². The molecule has 0 bridgehead atoms. The number of hydrogen-bond acceptors (Lipinski definition) is 4. The predicted octanol–water partition coefficient (Wildman–Crippen LogP) is 4.61. The fourth-order valence-electron chi connectivity index (χ4n) is 3.01. The van der Waals surface area contributed by atoms with Gasteiger partial charge in [-0.2, -0.15) is 0 Å². The van der Waals surface area contributed by atoms with Gasteiger partial charge in [-0.15, -0.1) is 11.3 Å². The highest BCUT2D eigenvalue weighted by molar-refractivity contribution is 7.18. The molecule has 3 heterocycles. The van der Waals surface area contributed by atoms with Gasteiger partial charge in [0.05, 0.1) is 23.3 Å². The molecule has 124 valence electrons. The van der Waals surface area contributed by atoms with E-state index in [0.717, 1.165) is 10.4 Å². The van der Waals surface area contributed by atoms with Gasteiger partial charge in [0.15, 0.2) is 0 Å². The van der Waals surface area contributed by atoms with Crippen molar-refractivity contribution in [2.24, 2.45) is 0 Å². The number of fused-ring (bicyclic) bond motifs is 3. The smallest absolute Gasteiger partial charge is 0.268 e. The molecule has 0 atom stereocenters. The van der Waals surface area contributed by atoms with Crippen LogP contribution in [0.25, 0.3) is 15.9 Å². The molecule has 1 aromatic carbocycles. The third-order valence-electron chi connectivity index (χ3n) is 4.13. The van der Waals surface area contributed by atoms with E-state index in [1.807, 2.05) is 13.8 Å². The van der Waals surface area contributed by atoms with Gasteiger partial charge in [0.25, 0.3) is 5.56 Å². The molecule has 24 heavy (non-hydrogen) atoms. The Morgan fingerprint density at radius 2 is 2.12 bits per heavy atom. The van der Waals surface area contributed by atoms with Crippen LogP contribution in [0.2, 0.25) is 10.3 Å². The van der Waals surface area contributed by atoms with Gasteiger partial charge in [-0.3, -0.25) is 9.36 Å². The molecule has 7 heteroatoms. The summed E-state index contributed by atoms with van der Waals surface area (Å²) >= 11 is 13.8. The van der Waals surface area contributed by atoms with E-state index < -0.39 is 0 Å². The fourth-order valence-corrected chi connectivity index (χ4v) is 4.59. The standard InChI is InChI=1S/C17H14Cl2N2O2S/c1-17(2)7-11-12(8-23-17)24-14-13(11)15(22)21(16(19)20-14)10-5-3-4-9(18)6-10/h3-6H,7-8H2,1-2H3. The fraction of sp³-hybridized carbons (Fsp3) is 0.294. The Bertz CT molecular complexity index is 1020. The van der Waals surface area contributed by atoms with Crippen LogP contribution >= 0.6 is 34.5 Å². The summed E-state index contributed by atoms with van der Waals surface area (Å²) in [7, 11) is 0. The van der Waals surface area contributed by atoms with Gasteiger partial charge in [-0.05, 0) is 49.2 Å². The van der Waals surface area contributed by atoms with E-state index in [1.165, 1.54) is 15.9 Å². The summed E-state index contributed by atoms with van der Waals surface area (Å²) < 4.78 is 7.25. The number of rotatable bonds is 1. The van der Waals surface area contributed by atoms with Crippen LogP contribution < -0.4 is 5.56 Å². The molecule has 0 N–H and O–H groups in total. The minimum Gasteiger partial charge on any atom is -0.370 e. The van der Waals surface area contributed by atoms with Crippen LogP contribution in [0.3, 0.4) is 0 Å². The van der Waals surface area contributed by atoms with Crippen molar-refractivity contribution >= 4 is 44.8 Å². The van der Waals surface area contributed by atoms with E-state index in [0.29, 0.717) is 34.0 Å². The molecule has 3 aromatic rings. The highest BCUT2D eigenvalue weighted by Crippen LogP contribution is 2.37. The van der Waals surface area contributed by atoms with Crippen molar-refractivity contribution in [3.8, 4) is 5.69 Å². The van der Waals surface area contributed by atoms with Gasteiger partial charge in [-0.25, -0.2) is 4.98 Å². The molecule has 0 amide bonds. The van der Waals surface area contributed by atoms with Crippen molar-refractivity contribution in [3.63, 3.8) is 0 Å². The number of hydrogen-bond donors (Lipinski definition) is 0. The lowest BCUT2D eigenvalue weighted by Crippen LogP contribution is -2.32. The molecule has 1 aliphatic rings. The Hall–Kier alpha value is -1.40. The maximum atomic E-state index is 13.2. The molecule has 0 unspecified atom stereocenters. The Morgan fingerprint density at radius 1 is 1.33 bits per heavy atom. The normalized spacial score (nSPS) is 16.3. The van der Waals surface area contributed by atoms with Crippen LogP contribution in [0.15, 0.2) is 29.1 Å². The Morgan fingerprint density at radius 3 is 2.88 bits per heavy atom. The second-order valence-electron chi connectivity index (χ2n) is 6.41. The number of halogens is 2. The van der Waals surface area contributed by atoms with Crippen LogP contribution in [0.1, 0.15) is 24.3 Å². The lowest BCUT2D eigenvalue weighted by molar-refractivity contribution is -0.0379. The van der Waals surface area contributed by atoms with Gasteiger partial charge in [0, 0.05) is 16.3 Å². The van der Waals surface area contributed by atoms with E-state index in [1.54, 1.807) is 24.3 Å². The van der Waals surface area contributed by atoms with Crippen molar-refractivity contribution < 1.29 is 4.74 Å². The highest BCUT2D eigenvalue weighted by atomic mass is 35.5. The minimum absolute atomic E-state index is 0.133. The van der Waals surface area contributed by atoms with Gasteiger partial charge in [0.2, 0.25) is 5.28 Å². The summed E-state index contributed by atoms with van der Waals surface area (Å²) in [5.74, 6) is 0. The zero-order valence-electron chi connectivity index (χ0n) is 13.1. The molecule has 0 saturated carbocycles. The van der Waals surface area contributed by atoms with Crippen molar-refractivity contribution in [2.75, 3.05) is 0 Å². The van der Waals surface area contributed by atoms with E-state index in [9.17, 15) is 4.79 Å². The molecular weight excluding hydrogens is 367 g/mol. The number of aromatic nitrogens is 2. The topological polar surface area (TPSA) is 44.1 Å². The largest absolute Gasteiger partial charge is 0.370 e. The number of nitrogens with zero attached hydrogens (tertiary/aromatic N) is 2. The molecule has 0 spiro atoms. The second-order valence-corrected chi connectivity index (χ2v) is 8.27. The van der Waals surface area contributed by atoms with E-state index in [-0.39, 0.29) is 16.4 Å². The van der Waals surface area contributed by atoms with E-state index in [4.69, 9.17) is 27.9 Å². The lowest BCUT2D eigenvalue weighted by Gasteiger charge is -2.29. The van der Waals surface area contributed by atoms with E-state index in [2.05, 4.69) is 4.98 Å². The third kappa shape index (κ3) is 2.56. The molecule has 4 rings (SSSR count). The number of benzene rings is 1. The van der Waals surface area contributed by atoms with E-state index >= 15 is 0 Å². The summed E-state index contributed by atoms with van der Waals surface area (Å²) in [6, 6.07) is 7.03. The summed E-state index contributed by atoms with van der Waals surface area (Å²) in [6.07, 6.45) is 0.677. The van der Waals surface area contributed by atoms with Crippen LogP contribution in [0, 0.1) is 0 Å². The van der Waals surface area contributed by atoms with Crippen LogP contribution in [-0.4, -0.2) is 15.2 Å². The minimum atomic E-state index is -0.298. The molecular formula is C17H14Cl2N2O2S. The SMILES string of the molecule is CC1(C)Cc2c(sc3nc(Cl)n(-c4cccc(Cl)c4)c(=O)c23)CO1. The molecule has 1 aliphatic heterocycles. The van der Waals surface area contributed by atoms with Gasteiger partial charge in [0.1, 0.15) is 4.83 Å². The molecule has 4 nitrogen and oxygen atoms in total. The second kappa shape index (κ2) is 5.56. The zero-order valence-corrected chi connectivity index (χ0v) is 15.4. The highest BCUT2D eigenvalue weighted by Gasteiger charge is 2.31. The first-order valence-corrected chi connectivity index (χ1v) is 9.06. The molecule has 0 saturated heterocycles. The Labute approximate surface area is 152 Å². The number of thiophene rings is 1. The first kappa shape index (κ1) is 16.1. The molecule has 0 fully saturated rings. The maximum Gasteiger partial charge on any atom is 0.268 e. The third-order valence-corrected chi connectivity index (χ3v) is 5.72. The van der Waals surface area contributed by atoms with Crippen molar-refractivity contribution in [1.82, 2.24) is 9.55 Å². The van der Waals surface area contributed by atoms with Gasteiger partial charge < -0.3 is 4.74 Å². The average molecular weight is 381 g/mol. The lowest BCUT2D eigenvalue weighted by atomic mass is 9.94. The first-order valence-electron chi connectivity index (χ1n) is 7.48. The maximum absolute atomic E-state index is 13.2. The Kier molecular flexibility index (Phi) is 3.73. The molecule has 2 aromatic heterocycles. The quantitative estimate of drug-likeness (QED) is 0.579. The van der Waals surface area contributed by atoms with Crippen LogP contribution in [-0.2, 0) is 17.8 Å². The van der Waals surface area contributed by atoms with Crippen LogP contribution in [0.5, 0.6) is 0 Å². The molecule has 0 aliphatic carbocycles. The first-order chi connectivity index (χ1) is 11.4. The summed E-state index contributed by atoms with van der Waals surface area (Å²) in [4.78, 5) is 19.3. The van der Waals surface area contributed by atoms with Crippen molar-refractivity contribution in [1.29, 1.82) is 0 Å². The van der Waals surface area contributed by atoms with Crippen molar-refractivity contribution in [3.05, 3.63) is 55.4 Å². The molecule has 0 radical (unpaired) electrons. The van der Waals surface area contributed by atoms with Crippen molar-refractivity contribution in [2.45, 2.75) is 32.5 Å².